The molecule has 4 rings (SSSR count). The molecule has 5 heteroatoms. The summed E-state index contributed by atoms with van der Waals surface area (Å²) in [4.78, 5) is 26.7. The van der Waals surface area contributed by atoms with Crippen LogP contribution in [0.4, 0.5) is 5.69 Å². The van der Waals surface area contributed by atoms with E-state index in [9.17, 15) is 9.59 Å². The van der Waals surface area contributed by atoms with Crippen molar-refractivity contribution < 1.29 is 9.59 Å². The molecule has 0 aromatic heterocycles. The zero-order chi connectivity index (χ0) is 17.6. The summed E-state index contributed by atoms with van der Waals surface area (Å²) in [6, 6.07) is 8.77. The molecule has 25 heavy (non-hydrogen) atoms. The van der Waals surface area contributed by atoms with E-state index in [-0.39, 0.29) is 17.7 Å². The number of hydrogen-bond acceptors (Lipinski definition) is 3. The molecule has 2 saturated heterocycles. The van der Waals surface area contributed by atoms with Gasteiger partial charge in [0.2, 0.25) is 5.91 Å². The highest BCUT2D eigenvalue weighted by Gasteiger charge is 2.39. The molecule has 1 saturated carbocycles. The maximum Gasteiger partial charge on any atom is 0.253 e. The van der Waals surface area contributed by atoms with Crippen LogP contribution in [0.3, 0.4) is 0 Å². The molecule has 1 aromatic rings. The first-order chi connectivity index (χ1) is 12.0. The molecule has 5 nitrogen and oxygen atoms in total. The molecular formula is C20H27N3O2. The summed E-state index contributed by atoms with van der Waals surface area (Å²) < 4.78 is 0. The highest BCUT2D eigenvalue weighted by Crippen LogP contribution is 2.38. The molecule has 4 unspecified atom stereocenters. The van der Waals surface area contributed by atoms with E-state index >= 15 is 0 Å². The van der Waals surface area contributed by atoms with Crippen LogP contribution in [0.2, 0.25) is 0 Å². The van der Waals surface area contributed by atoms with Gasteiger partial charge in [0.15, 0.2) is 0 Å². The highest BCUT2D eigenvalue weighted by molar-refractivity contribution is 5.97. The number of hydrogen-bond donors (Lipinski definition) is 2. The van der Waals surface area contributed by atoms with E-state index in [1.165, 1.54) is 12.8 Å². The first kappa shape index (κ1) is 16.6. The topological polar surface area (TPSA) is 61.4 Å². The predicted octanol–water partition coefficient (Wildman–Crippen LogP) is 2.64. The monoisotopic (exact) mass is 341 g/mol. The van der Waals surface area contributed by atoms with E-state index in [1.807, 2.05) is 36.2 Å². The smallest absolute Gasteiger partial charge is 0.253 e. The molecule has 1 aromatic carbocycles. The average molecular weight is 341 g/mol. The molecule has 3 fully saturated rings. The van der Waals surface area contributed by atoms with Crippen molar-refractivity contribution in [2.75, 3.05) is 12.4 Å². The minimum Gasteiger partial charge on any atom is -0.339 e. The minimum atomic E-state index is 0.0694. The molecule has 2 amide bonds. The van der Waals surface area contributed by atoms with Gasteiger partial charge < -0.3 is 15.5 Å². The molecule has 2 heterocycles. The van der Waals surface area contributed by atoms with Gasteiger partial charge in [-0.05, 0) is 62.3 Å². The molecule has 2 aliphatic heterocycles. The fourth-order valence-corrected chi connectivity index (χ4v) is 4.33. The maximum atomic E-state index is 12.8. The third-order valence-electron chi connectivity index (χ3n) is 6.16. The number of nitrogens with one attached hydrogen (secondary N) is 2. The summed E-state index contributed by atoms with van der Waals surface area (Å²) in [6.07, 6.45) is 5.54. The predicted molar refractivity (Wildman–Crippen MR) is 97.4 cm³/mol. The Morgan fingerprint density at radius 1 is 1.08 bits per heavy atom. The molecular weight excluding hydrogens is 314 g/mol. The van der Waals surface area contributed by atoms with Gasteiger partial charge in [-0.15, -0.1) is 0 Å². The van der Waals surface area contributed by atoms with Gasteiger partial charge in [-0.2, -0.15) is 0 Å². The number of rotatable bonds is 4. The number of nitrogens with zero attached hydrogens (tertiary/aromatic N) is 1. The summed E-state index contributed by atoms with van der Waals surface area (Å²) in [5.41, 5.74) is 1.45. The third-order valence-corrected chi connectivity index (χ3v) is 6.16. The second-order valence-electron chi connectivity index (χ2n) is 8.07. The fourth-order valence-electron chi connectivity index (χ4n) is 4.33. The zero-order valence-corrected chi connectivity index (χ0v) is 15.0. The normalized spacial score (nSPS) is 33.0. The van der Waals surface area contributed by atoms with Crippen molar-refractivity contribution in [3.63, 3.8) is 0 Å². The third kappa shape index (κ3) is 3.43. The van der Waals surface area contributed by atoms with Crippen LogP contribution in [0.5, 0.6) is 0 Å². The van der Waals surface area contributed by atoms with Gasteiger partial charge in [0.05, 0.1) is 0 Å². The summed E-state index contributed by atoms with van der Waals surface area (Å²) in [6.45, 7) is 2.09. The second-order valence-corrected chi connectivity index (χ2v) is 8.07. The Bertz CT molecular complexity index is 660. The lowest BCUT2D eigenvalue weighted by Gasteiger charge is -2.35. The van der Waals surface area contributed by atoms with Gasteiger partial charge in [0, 0.05) is 42.3 Å². The van der Waals surface area contributed by atoms with Crippen LogP contribution in [0, 0.1) is 11.8 Å². The van der Waals surface area contributed by atoms with E-state index in [0.29, 0.717) is 29.6 Å². The van der Waals surface area contributed by atoms with Gasteiger partial charge in [-0.25, -0.2) is 0 Å². The van der Waals surface area contributed by atoms with Crippen molar-refractivity contribution in [1.82, 2.24) is 10.2 Å². The first-order valence-corrected chi connectivity index (χ1v) is 9.45. The quantitative estimate of drug-likeness (QED) is 0.885. The molecule has 134 valence electrons. The van der Waals surface area contributed by atoms with Crippen molar-refractivity contribution >= 4 is 17.5 Å². The van der Waals surface area contributed by atoms with Crippen LogP contribution in [-0.4, -0.2) is 41.9 Å². The number of carbonyl (C=O) groups is 2. The first-order valence-electron chi connectivity index (χ1n) is 9.45. The van der Waals surface area contributed by atoms with Crippen LogP contribution in [-0.2, 0) is 4.79 Å². The fraction of sp³-hybridized carbons (Fsp3) is 0.600. The summed E-state index contributed by atoms with van der Waals surface area (Å²) in [5.74, 6) is 0.811. The lowest BCUT2D eigenvalue weighted by atomic mass is 9.98. The van der Waals surface area contributed by atoms with Crippen LogP contribution in [0.1, 0.15) is 49.4 Å². The van der Waals surface area contributed by atoms with Crippen LogP contribution < -0.4 is 10.6 Å². The lowest BCUT2D eigenvalue weighted by Crippen LogP contribution is -2.48. The summed E-state index contributed by atoms with van der Waals surface area (Å²) >= 11 is 0. The Kier molecular flexibility index (Phi) is 4.28. The van der Waals surface area contributed by atoms with Crippen molar-refractivity contribution in [2.45, 2.75) is 57.2 Å². The molecule has 0 spiro atoms. The van der Waals surface area contributed by atoms with Crippen molar-refractivity contribution in [3.8, 4) is 0 Å². The molecule has 1 aliphatic carbocycles. The summed E-state index contributed by atoms with van der Waals surface area (Å²) in [5, 5.41) is 6.56. The molecule has 2 N–H and O–H groups in total. The second kappa shape index (κ2) is 6.45. The van der Waals surface area contributed by atoms with E-state index in [0.717, 1.165) is 24.9 Å². The van der Waals surface area contributed by atoms with Gasteiger partial charge in [-0.1, -0.05) is 6.92 Å². The van der Waals surface area contributed by atoms with Crippen molar-refractivity contribution in [1.29, 1.82) is 0 Å². The average Bonchev–Trinajstić information content (AvgIpc) is 3.27. The summed E-state index contributed by atoms with van der Waals surface area (Å²) in [7, 11) is 1.92. The SMILES string of the molecule is CC1CC1C(=O)Nc1ccc(C(=O)N(C)C2CC3CCC(C2)N3)cc1. The van der Waals surface area contributed by atoms with Crippen molar-refractivity contribution in [3.05, 3.63) is 29.8 Å². The van der Waals surface area contributed by atoms with Gasteiger partial charge in [0.25, 0.3) is 5.91 Å². The van der Waals surface area contributed by atoms with E-state index in [2.05, 4.69) is 17.6 Å². The zero-order valence-electron chi connectivity index (χ0n) is 15.0. The molecule has 2 bridgehead atoms. The lowest BCUT2D eigenvalue weighted by molar-refractivity contribution is -0.117. The molecule has 4 atom stereocenters. The van der Waals surface area contributed by atoms with Crippen LogP contribution in [0.15, 0.2) is 24.3 Å². The standard InChI is InChI=1S/C20H27N3O2/c1-12-9-18(12)19(24)22-14-5-3-13(4-6-14)20(25)23(2)17-10-15-7-8-16(11-17)21-15/h3-6,12,15-18,21H,7-11H2,1-2H3,(H,22,24). The van der Waals surface area contributed by atoms with Crippen LogP contribution >= 0.6 is 0 Å². The number of anilines is 1. The van der Waals surface area contributed by atoms with Gasteiger partial charge in [-0.3, -0.25) is 9.59 Å². The Morgan fingerprint density at radius 2 is 1.68 bits per heavy atom. The van der Waals surface area contributed by atoms with Crippen molar-refractivity contribution in [2.24, 2.45) is 11.8 Å². The van der Waals surface area contributed by atoms with E-state index in [4.69, 9.17) is 0 Å². The number of piperidine rings is 1. The molecule has 0 radical (unpaired) electrons. The Labute approximate surface area is 149 Å². The largest absolute Gasteiger partial charge is 0.339 e. The number of carbonyl (C=O) groups excluding carboxylic acids is 2. The number of fused-ring (bicyclic) bond motifs is 2. The Hall–Kier alpha value is -1.88. The van der Waals surface area contributed by atoms with E-state index in [1.54, 1.807) is 0 Å². The van der Waals surface area contributed by atoms with Gasteiger partial charge >= 0.3 is 0 Å². The molecule has 3 aliphatic rings. The highest BCUT2D eigenvalue weighted by atomic mass is 16.2. The van der Waals surface area contributed by atoms with Crippen LogP contribution in [0.25, 0.3) is 0 Å². The Balaban J connectivity index is 1.37. The number of benzene rings is 1. The van der Waals surface area contributed by atoms with Gasteiger partial charge in [0.1, 0.15) is 0 Å². The maximum absolute atomic E-state index is 12.8. The minimum absolute atomic E-state index is 0.0694. The Morgan fingerprint density at radius 3 is 2.24 bits per heavy atom. The number of amides is 2. The van der Waals surface area contributed by atoms with E-state index < -0.39 is 0 Å².